The summed E-state index contributed by atoms with van der Waals surface area (Å²) >= 11 is 9.62. The molecule has 206 valence electrons. The van der Waals surface area contributed by atoms with Crippen molar-refractivity contribution in [3.8, 4) is 11.5 Å². The van der Waals surface area contributed by atoms with Crippen molar-refractivity contribution in [2.45, 2.75) is 32.3 Å². The van der Waals surface area contributed by atoms with E-state index in [-0.39, 0.29) is 29.7 Å². The normalized spacial score (nSPS) is 14.2. The molecule has 1 amide bonds. The number of methoxy groups -OCH3 is 1. The van der Waals surface area contributed by atoms with Crippen molar-refractivity contribution in [1.29, 1.82) is 5.41 Å². The summed E-state index contributed by atoms with van der Waals surface area (Å²) in [6, 6.07) is 17.2. The molecule has 6 nitrogen and oxygen atoms in total. The van der Waals surface area contributed by atoms with Gasteiger partial charge in [-0.1, -0.05) is 45.7 Å². The van der Waals surface area contributed by atoms with Gasteiger partial charge >= 0.3 is 0 Å². The molecule has 0 bridgehead atoms. The number of amidine groups is 1. The molecule has 1 saturated heterocycles. The van der Waals surface area contributed by atoms with E-state index in [1.54, 1.807) is 13.2 Å². The Bertz CT molecular complexity index is 1320. The van der Waals surface area contributed by atoms with Crippen molar-refractivity contribution in [3.05, 3.63) is 92.7 Å². The van der Waals surface area contributed by atoms with E-state index in [4.69, 9.17) is 26.5 Å². The van der Waals surface area contributed by atoms with E-state index in [1.807, 2.05) is 36.4 Å². The number of nitrogens with one attached hydrogen (secondary N) is 2. The molecule has 0 saturated carbocycles. The van der Waals surface area contributed by atoms with Crippen molar-refractivity contribution >= 4 is 39.3 Å². The van der Waals surface area contributed by atoms with Crippen LogP contribution in [0.15, 0.2) is 65.1 Å². The minimum absolute atomic E-state index is 0.00546. The van der Waals surface area contributed by atoms with Crippen LogP contribution in [-0.4, -0.2) is 43.4 Å². The Morgan fingerprint density at radius 3 is 2.67 bits per heavy atom. The molecule has 9 heteroatoms. The van der Waals surface area contributed by atoms with E-state index in [0.717, 1.165) is 29.7 Å². The zero-order valence-electron chi connectivity index (χ0n) is 21.8. The average Bonchev–Trinajstić information content (AvgIpc) is 3.44. The number of carbonyl (C=O) groups is 1. The van der Waals surface area contributed by atoms with E-state index < -0.39 is 11.7 Å². The van der Waals surface area contributed by atoms with Crippen molar-refractivity contribution in [3.63, 3.8) is 0 Å². The van der Waals surface area contributed by atoms with E-state index in [0.29, 0.717) is 29.2 Å². The van der Waals surface area contributed by atoms with Crippen LogP contribution in [-0.2, 0) is 13.0 Å². The Morgan fingerprint density at radius 2 is 1.92 bits per heavy atom. The van der Waals surface area contributed by atoms with Crippen LogP contribution in [0.4, 0.5) is 4.39 Å². The highest BCUT2D eigenvalue weighted by atomic mass is 79.9. The highest BCUT2D eigenvalue weighted by Crippen LogP contribution is 2.28. The maximum atomic E-state index is 14.9. The van der Waals surface area contributed by atoms with E-state index >= 15 is 0 Å². The van der Waals surface area contributed by atoms with E-state index in [2.05, 4.69) is 26.1 Å². The largest absolute Gasteiger partial charge is 0.496 e. The van der Waals surface area contributed by atoms with Crippen molar-refractivity contribution in [1.82, 2.24) is 10.2 Å². The van der Waals surface area contributed by atoms with Gasteiger partial charge in [0.05, 0.1) is 12.7 Å². The molecule has 0 spiro atoms. The number of ether oxygens (including phenoxy) is 2. The summed E-state index contributed by atoms with van der Waals surface area (Å²) in [5.74, 6) is -0.988. The summed E-state index contributed by atoms with van der Waals surface area (Å²) in [4.78, 5) is 15.7. The number of benzene rings is 3. The van der Waals surface area contributed by atoms with E-state index in [9.17, 15) is 9.18 Å². The number of para-hydroxylation sites is 1. The Morgan fingerprint density at radius 1 is 1.15 bits per heavy atom. The molecule has 3 aromatic carbocycles. The van der Waals surface area contributed by atoms with Gasteiger partial charge in [0.15, 0.2) is 11.6 Å². The zero-order chi connectivity index (χ0) is 27.8. The first kappa shape index (κ1) is 29.1. The van der Waals surface area contributed by atoms with Gasteiger partial charge in [-0.2, -0.15) is 0 Å². The lowest BCUT2D eigenvalue weighted by atomic mass is 9.94. The number of amides is 1. The van der Waals surface area contributed by atoms with Crippen LogP contribution in [0.5, 0.6) is 11.5 Å². The number of hydrogen-bond acceptors (Lipinski definition) is 5. The van der Waals surface area contributed by atoms with Gasteiger partial charge in [0.2, 0.25) is 0 Å². The second-order valence-electron chi connectivity index (χ2n) is 9.60. The standard InChI is InChI=1S/C30H32BrClFN3O3/c1-38-27-11-10-23(31)18-22(27)19-39-28-25(8-5-9-26(28)33)30(37)35-29(34)21(12-15-36-13-2-3-14-36)16-20-6-4-7-24(32)17-20/h4-11,17-18,21H,2-3,12-16,19H2,1H3,(H2,34,35,37). The first-order chi connectivity index (χ1) is 18.8. The second-order valence-corrected chi connectivity index (χ2v) is 10.9. The van der Waals surface area contributed by atoms with Crippen molar-refractivity contribution in [2.75, 3.05) is 26.7 Å². The molecule has 1 fully saturated rings. The molecule has 0 aliphatic carbocycles. The minimum Gasteiger partial charge on any atom is -0.496 e. The summed E-state index contributed by atoms with van der Waals surface area (Å²) in [6.07, 6.45) is 3.63. The monoisotopic (exact) mass is 615 g/mol. The Balaban J connectivity index is 1.49. The molecular formula is C30H32BrClFN3O3. The summed E-state index contributed by atoms with van der Waals surface area (Å²) < 4.78 is 26.9. The van der Waals surface area contributed by atoms with Gasteiger partial charge in [-0.3, -0.25) is 10.2 Å². The lowest BCUT2D eigenvalue weighted by molar-refractivity contribution is 0.0969. The summed E-state index contributed by atoms with van der Waals surface area (Å²) in [6.45, 7) is 2.94. The third-order valence-electron chi connectivity index (χ3n) is 6.85. The topological polar surface area (TPSA) is 74.6 Å². The lowest BCUT2D eigenvalue weighted by Crippen LogP contribution is -2.38. The minimum atomic E-state index is -0.660. The summed E-state index contributed by atoms with van der Waals surface area (Å²) in [5.41, 5.74) is 1.71. The molecule has 1 aliphatic rings. The fraction of sp³-hybridized carbons (Fsp3) is 0.333. The smallest absolute Gasteiger partial charge is 0.260 e. The molecule has 1 unspecified atom stereocenters. The van der Waals surface area contributed by atoms with Gasteiger partial charge in [-0.05, 0) is 93.3 Å². The van der Waals surface area contributed by atoms with Crippen LogP contribution in [0.1, 0.15) is 40.7 Å². The van der Waals surface area contributed by atoms with Crippen LogP contribution >= 0.6 is 27.5 Å². The van der Waals surface area contributed by atoms with Crippen LogP contribution in [0, 0.1) is 17.1 Å². The van der Waals surface area contributed by atoms with Gasteiger partial charge in [-0.25, -0.2) is 4.39 Å². The van der Waals surface area contributed by atoms with Gasteiger partial charge in [0, 0.05) is 21.0 Å². The van der Waals surface area contributed by atoms with Crippen molar-refractivity contribution in [2.24, 2.45) is 5.92 Å². The highest BCUT2D eigenvalue weighted by Gasteiger charge is 2.24. The highest BCUT2D eigenvalue weighted by molar-refractivity contribution is 9.10. The van der Waals surface area contributed by atoms with Crippen molar-refractivity contribution < 1.29 is 18.7 Å². The number of rotatable bonds is 11. The molecule has 39 heavy (non-hydrogen) atoms. The van der Waals surface area contributed by atoms with Gasteiger partial charge in [0.25, 0.3) is 5.91 Å². The maximum absolute atomic E-state index is 14.9. The Kier molecular flexibility index (Phi) is 10.4. The molecule has 0 aromatic heterocycles. The van der Waals surface area contributed by atoms with Crippen LogP contribution in [0.3, 0.4) is 0 Å². The zero-order valence-corrected chi connectivity index (χ0v) is 24.2. The Labute approximate surface area is 242 Å². The SMILES string of the molecule is COc1ccc(Br)cc1COc1c(F)cccc1C(=O)NC(=N)C(CCN1CCCC1)Cc1cccc(Cl)c1. The maximum Gasteiger partial charge on any atom is 0.260 e. The average molecular weight is 617 g/mol. The van der Waals surface area contributed by atoms with Gasteiger partial charge in [0.1, 0.15) is 18.2 Å². The quantitative estimate of drug-likeness (QED) is 0.182. The molecular weight excluding hydrogens is 585 g/mol. The summed E-state index contributed by atoms with van der Waals surface area (Å²) in [7, 11) is 1.55. The predicted molar refractivity (Wildman–Crippen MR) is 156 cm³/mol. The third kappa shape index (κ3) is 8.03. The second kappa shape index (κ2) is 13.9. The van der Waals surface area contributed by atoms with Crippen LogP contribution in [0.2, 0.25) is 5.02 Å². The van der Waals surface area contributed by atoms with Crippen LogP contribution < -0.4 is 14.8 Å². The number of nitrogens with zero attached hydrogens (tertiary/aromatic N) is 1. The number of carbonyl (C=O) groups excluding carboxylic acids is 1. The van der Waals surface area contributed by atoms with Gasteiger partial charge in [-0.15, -0.1) is 0 Å². The number of likely N-dealkylation sites (tertiary alicyclic amines) is 1. The van der Waals surface area contributed by atoms with E-state index in [1.165, 1.54) is 31.0 Å². The van der Waals surface area contributed by atoms with Crippen LogP contribution in [0.25, 0.3) is 0 Å². The summed E-state index contributed by atoms with van der Waals surface area (Å²) in [5, 5.41) is 12.1. The molecule has 2 N–H and O–H groups in total. The first-order valence-corrected chi connectivity index (χ1v) is 14.1. The fourth-order valence-corrected chi connectivity index (χ4v) is 5.40. The predicted octanol–water partition coefficient (Wildman–Crippen LogP) is 6.88. The van der Waals surface area contributed by atoms with Gasteiger partial charge < -0.3 is 19.7 Å². The molecule has 0 radical (unpaired) electrons. The molecule has 1 aliphatic heterocycles. The molecule has 3 aromatic rings. The molecule has 4 rings (SSSR count). The molecule has 1 heterocycles. The third-order valence-corrected chi connectivity index (χ3v) is 7.57. The lowest BCUT2D eigenvalue weighted by Gasteiger charge is -2.23. The molecule has 1 atom stereocenters. The fourth-order valence-electron chi connectivity index (χ4n) is 4.78. The Hall–Kier alpha value is -2.94. The number of hydrogen-bond donors (Lipinski definition) is 2. The first-order valence-electron chi connectivity index (χ1n) is 12.9. The number of halogens is 3.